The van der Waals surface area contributed by atoms with Gasteiger partial charge in [-0.2, -0.15) is 0 Å². The standard InChI is InChI=1S/C21H22N2O4/c1-23(2)15-6-3-14(4-7-15)5-10-18-21(25)20(24)17-9-8-16(26-12-11-22)13-19(17)27-18/h3-10,13,25H,11-12,22H2,1-2H3/b10-5+. The predicted molar refractivity (Wildman–Crippen MR) is 108 cm³/mol. The maximum atomic E-state index is 12.4. The molecule has 0 amide bonds. The van der Waals surface area contributed by atoms with Crippen molar-refractivity contribution in [3.8, 4) is 11.5 Å². The third kappa shape index (κ3) is 4.12. The molecule has 0 aliphatic heterocycles. The molecule has 140 valence electrons. The smallest absolute Gasteiger partial charge is 0.235 e. The average molecular weight is 366 g/mol. The van der Waals surface area contributed by atoms with E-state index in [9.17, 15) is 9.90 Å². The molecule has 0 spiro atoms. The molecule has 0 fully saturated rings. The zero-order valence-electron chi connectivity index (χ0n) is 15.3. The Balaban J connectivity index is 1.95. The monoisotopic (exact) mass is 366 g/mol. The van der Waals surface area contributed by atoms with Crippen molar-refractivity contribution < 1.29 is 14.3 Å². The summed E-state index contributed by atoms with van der Waals surface area (Å²) in [6.07, 6.45) is 3.35. The van der Waals surface area contributed by atoms with E-state index in [1.165, 1.54) is 0 Å². The third-order valence-corrected chi connectivity index (χ3v) is 4.09. The molecule has 1 aromatic heterocycles. The average Bonchev–Trinajstić information content (AvgIpc) is 2.68. The number of nitrogens with zero attached hydrogens (tertiary/aromatic N) is 1. The Morgan fingerprint density at radius 3 is 2.56 bits per heavy atom. The molecular formula is C21H22N2O4. The van der Waals surface area contributed by atoms with Gasteiger partial charge in [0, 0.05) is 32.4 Å². The van der Waals surface area contributed by atoms with Gasteiger partial charge in [-0.05, 0) is 35.9 Å². The number of benzene rings is 2. The molecule has 3 N–H and O–H groups in total. The number of nitrogens with two attached hydrogens (primary N) is 1. The van der Waals surface area contributed by atoms with Crippen LogP contribution in [0.4, 0.5) is 5.69 Å². The zero-order chi connectivity index (χ0) is 19.4. The van der Waals surface area contributed by atoms with Gasteiger partial charge < -0.3 is 24.9 Å². The molecule has 6 nitrogen and oxygen atoms in total. The van der Waals surface area contributed by atoms with Crippen LogP contribution >= 0.6 is 0 Å². The van der Waals surface area contributed by atoms with Gasteiger partial charge in [0.05, 0.1) is 5.39 Å². The van der Waals surface area contributed by atoms with Gasteiger partial charge in [0.2, 0.25) is 11.2 Å². The van der Waals surface area contributed by atoms with E-state index in [0.29, 0.717) is 29.9 Å². The predicted octanol–water partition coefficient (Wildman–Crippen LogP) is 3.07. The van der Waals surface area contributed by atoms with E-state index in [2.05, 4.69) is 0 Å². The topological polar surface area (TPSA) is 88.9 Å². The van der Waals surface area contributed by atoms with Crippen LogP contribution in [0.2, 0.25) is 0 Å². The van der Waals surface area contributed by atoms with Crippen LogP contribution in [0.15, 0.2) is 51.7 Å². The van der Waals surface area contributed by atoms with Gasteiger partial charge in [0.25, 0.3) is 0 Å². The molecule has 1 heterocycles. The number of anilines is 1. The second kappa shape index (κ2) is 7.97. The molecule has 0 aliphatic rings. The molecule has 0 radical (unpaired) electrons. The van der Waals surface area contributed by atoms with Crippen molar-refractivity contribution >= 4 is 28.8 Å². The van der Waals surface area contributed by atoms with Crippen LogP contribution in [0, 0.1) is 0 Å². The fourth-order valence-electron chi connectivity index (χ4n) is 2.62. The van der Waals surface area contributed by atoms with Crippen LogP contribution in [0.1, 0.15) is 11.3 Å². The molecule has 0 atom stereocenters. The number of rotatable bonds is 6. The van der Waals surface area contributed by atoms with Crippen LogP contribution in [0.3, 0.4) is 0 Å². The number of hydrogen-bond donors (Lipinski definition) is 2. The van der Waals surface area contributed by atoms with Crippen molar-refractivity contribution in [3.63, 3.8) is 0 Å². The lowest BCUT2D eigenvalue weighted by molar-refractivity contribution is 0.328. The number of ether oxygens (including phenoxy) is 1. The summed E-state index contributed by atoms with van der Waals surface area (Å²) in [7, 11) is 3.94. The highest BCUT2D eigenvalue weighted by molar-refractivity contribution is 5.82. The molecular weight excluding hydrogens is 344 g/mol. The SMILES string of the molecule is CN(C)c1ccc(/C=C/c2oc3cc(OCCN)ccc3c(=O)c2O)cc1. The van der Waals surface area contributed by atoms with E-state index < -0.39 is 11.2 Å². The minimum atomic E-state index is -0.482. The fraction of sp³-hybridized carbons (Fsp3) is 0.190. The van der Waals surface area contributed by atoms with Crippen LogP contribution in [0.5, 0.6) is 11.5 Å². The molecule has 0 bridgehead atoms. The number of aromatic hydroxyl groups is 1. The van der Waals surface area contributed by atoms with Crippen molar-refractivity contribution in [2.24, 2.45) is 5.73 Å². The zero-order valence-corrected chi connectivity index (χ0v) is 15.3. The van der Waals surface area contributed by atoms with Gasteiger partial charge in [-0.3, -0.25) is 4.79 Å². The van der Waals surface area contributed by atoms with Gasteiger partial charge in [0.15, 0.2) is 5.76 Å². The summed E-state index contributed by atoms with van der Waals surface area (Å²) < 4.78 is 11.2. The summed E-state index contributed by atoms with van der Waals surface area (Å²) in [5.41, 5.74) is 7.29. The van der Waals surface area contributed by atoms with E-state index in [4.69, 9.17) is 14.9 Å². The summed E-state index contributed by atoms with van der Waals surface area (Å²) in [5, 5.41) is 10.5. The first-order valence-corrected chi connectivity index (χ1v) is 8.58. The summed E-state index contributed by atoms with van der Waals surface area (Å²) in [4.78, 5) is 14.4. The highest BCUT2D eigenvalue weighted by atomic mass is 16.5. The fourth-order valence-corrected chi connectivity index (χ4v) is 2.62. The van der Waals surface area contributed by atoms with Crippen molar-refractivity contribution in [2.45, 2.75) is 0 Å². The molecule has 3 rings (SSSR count). The van der Waals surface area contributed by atoms with Crippen molar-refractivity contribution in [1.29, 1.82) is 0 Å². The Hall–Kier alpha value is -3.25. The van der Waals surface area contributed by atoms with Crippen LogP contribution in [0.25, 0.3) is 23.1 Å². The molecule has 0 saturated carbocycles. The first kappa shape index (κ1) is 18.5. The van der Waals surface area contributed by atoms with Crippen molar-refractivity contribution in [2.75, 3.05) is 32.1 Å². The Morgan fingerprint density at radius 2 is 1.89 bits per heavy atom. The molecule has 0 saturated heterocycles. The number of fused-ring (bicyclic) bond motifs is 1. The molecule has 6 heteroatoms. The van der Waals surface area contributed by atoms with Crippen LogP contribution < -0.4 is 20.8 Å². The minimum absolute atomic E-state index is 0.0974. The third-order valence-electron chi connectivity index (χ3n) is 4.09. The maximum Gasteiger partial charge on any atom is 0.235 e. The molecule has 3 aromatic rings. The van der Waals surface area contributed by atoms with E-state index in [1.807, 2.05) is 43.3 Å². The highest BCUT2D eigenvalue weighted by Crippen LogP contribution is 2.25. The second-order valence-corrected chi connectivity index (χ2v) is 6.26. The summed E-state index contributed by atoms with van der Waals surface area (Å²) in [6, 6.07) is 12.7. The molecule has 27 heavy (non-hydrogen) atoms. The van der Waals surface area contributed by atoms with E-state index >= 15 is 0 Å². The lowest BCUT2D eigenvalue weighted by Gasteiger charge is -2.11. The lowest BCUT2D eigenvalue weighted by Crippen LogP contribution is -2.10. The summed E-state index contributed by atoms with van der Waals surface area (Å²) in [6.45, 7) is 0.752. The van der Waals surface area contributed by atoms with Gasteiger partial charge in [-0.1, -0.05) is 18.2 Å². The van der Waals surface area contributed by atoms with E-state index in [1.54, 1.807) is 30.4 Å². The lowest BCUT2D eigenvalue weighted by atomic mass is 10.1. The Kier molecular flexibility index (Phi) is 5.47. The quantitative estimate of drug-likeness (QED) is 0.697. The van der Waals surface area contributed by atoms with Crippen molar-refractivity contribution in [1.82, 2.24) is 0 Å². The minimum Gasteiger partial charge on any atom is -0.502 e. The van der Waals surface area contributed by atoms with Crippen molar-refractivity contribution in [3.05, 3.63) is 64.0 Å². The van der Waals surface area contributed by atoms with E-state index in [0.717, 1.165) is 11.3 Å². The molecule has 0 unspecified atom stereocenters. The molecule has 0 aliphatic carbocycles. The van der Waals surface area contributed by atoms with Gasteiger partial charge in [0.1, 0.15) is 17.9 Å². The highest BCUT2D eigenvalue weighted by Gasteiger charge is 2.12. The van der Waals surface area contributed by atoms with E-state index in [-0.39, 0.29) is 5.76 Å². The second-order valence-electron chi connectivity index (χ2n) is 6.26. The summed E-state index contributed by atoms with van der Waals surface area (Å²) in [5.74, 6) is 0.232. The first-order valence-electron chi connectivity index (χ1n) is 8.58. The first-order chi connectivity index (χ1) is 13.0. The largest absolute Gasteiger partial charge is 0.502 e. The normalized spacial score (nSPS) is 11.2. The molecule has 2 aromatic carbocycles. The van der Waals surface area contributed by atoms with Gasteiger partial charge >= 0.3 is 0 Å². The van der Waals surface area contributed by atoms with Gasteiger partial charge in [-0.25, -0.2) is 0 Å². The Morgan fingerprint density at radius 1 is 1.15 bits per heavy atom. The van der Waals surface area contributed by atoms with Gasteiger partial charge in [-0.15, -0.1) is 0 Å². The summed E-state index contributed by atoms with van der Waals surface area (Å²) >= 11 is 0. The van der Waals surface area contributed by atoms with Crippen LogP contribution in [-0.2, 0) is 0 Å². The van der Waals surface area contributed by atoms with Crippen LogP contribution in [-0.4, -0.2) is 32.4 Å². The maximum absolute atomic E-state index is 12.4. The number of hydrogen-bond acceptors (Lipinski definition) is 6. The Labute approximate surface area is 157 Å². The Bertz CT molecular complexity index is 1020.